The first-order chi connectivity index (χ1) is 8.33. The lowest BCUT2D eigenvalue weighted by Gasteiger charge is -2.14. The summed E-state index contributed by atoms with van der Waals surface area (Å²) in [6.45, 7) is 0. The van der Waals surface area contributed by atoms with E-state index >= 15 is 0 Å². The van der Waals surface area contributed by atoms with Crippen molar-refractivity contribution in [1.29, 1.82) is 0 Å². The molecule has 1 aliphatic rings. The maximum absolute atomic E-state index is 5.80. The molecular formula is C14H15N3. The molecule has 3 N–H and O–H groups in total. The molecule has 0 amide bonds. The number of fused-ring (bicyclic) bond motifs is 1. The Balaban J connectivity index is 1.85. The van der Waals surface area contributed by atoms with Crippen LogP contribution in [0.5, 0.6) is 0 Å². The lowest BCUT2D eigenvalue weighted by molar-refractivity contribution is 0.757. The van der Waals surface area contributed by atoms with Gasteiger partial charge in [0, 0.05) is 11.9 Å². The largest absolute Gasteiger partial charge is 0.399 e. The van der Waals surface area contributed by atoms with Crippen LogP contribution in [0.15, 0.2) is 42.6 Å². The minimum atomic E-state index is 0.362. The van der Waals surface area contributed by atoms with E-state index in [0.717, 1.165) is 24.3 Å². The molecule has 0 fully saturated rings. The minimum Gasteiger partial charge on any atom is -0.399 e. The molecule has 1 heterocycles. The summed E-state index contributed by atoms with van der Waals surface area (Å²) in [5.41, 5.74) is 9.36. The highest BCUT2D eigenvalue weighted by molar-refractivity contribution is 5.50. The predicted molar refractivity (Wildman–Crippen MR) is 69.8 cm³/mol. The summed E-state index contributed by atoms with van der Waals surface area (Å²) in [5.74, 6) is 0.933. The van der Waals surface area contributed by atoms with Gasteiger partial charge in [-0.05, 0) is 48.2 Å². The molecule has 0 radical (unpaired) electrons. The first-order valence-corrected chi connectivity index (χ1v) is 5.89. The first kappa shape index (κ1) is 10.1. The third kappa shape index (κ3) is 1.96. The fourth-order valence-electron chi connectivity index (χ4n) is 2.41. The summed E-state index contributed by atoms with van der Waals surface area (Å²) >= 11 is 0. The average Bonchev–Trinajstić information content (AvgIpc) is 2.73. The van der Waals surface area contributed by atoms with Crippen LogP contribution in [-0.2, 0) is 6.42 Å². The second-order valence-electron chi connectivity index (χ2n) is 4.41. The highest BCUT2D eigenvalue weighted by atomic mass is 15.0. The number of benzene rings is 1. The molecule has 3 rings (SSSR count). The Kier molecular flexibility index (Phi) is 2.44. The molecule has 2 aromatic rings. The monoisotopic (exact) mass is 225 g/mol. The Morgan fingerprint density at radius 3 is 3.00 bits per heavy atom. The Morgan fingerprint density at radius 2 is 2.18 bits per heavy atom. The maximum Gasteiger partial charge on any atom is 0.126 e. The van der Waals surface area contributed by atoms with Gasteiger partial charge in [-0.2, -0.15) is 0 Å². The quantitative estimate of drug-likeness (QED) is 0.773. The van der Waals surface area contributed by atoms with Gasteiger partial charge in [-0.25, -0.2) is 4.98 Å². The van der Waals surface area contributed by atoms with E-state index in [0.29, 0.717) is 6.04 Å². The molecule has 17 heavy (non-hydrogen) atoms. The van der Waals surface area contributed by atoms with Gasteiger partial charge in [0.15, 0.2) is 0 Å². The molecule has 1 aromatic heterocycles. The Bertz CT molecular complexity index is 522. The van der Waals surface area contributed by atoms with E-state index in [-0.39, 0.29) is 0 Å². The first-order valence-electron chi connectivity index (χ1n) is 5.89. The number of nitrogens with one attached hydrogen (secondary N) is 1. The van der Waals surface area contributed by atoms with Crippen LogP contribution in [0.25, 0.3) is 0 Å². The SMILES string of the molecule is Nc1ccc2c(c1)CCC2Nc1ccccn1. The fourth-order valence-corrected chi connectivity index (χ4v) is 2.41. The molecule has 1 unspecified atom stereocenters. The third-order valence-electron chi connectivity index (χ3n) is 3.23. The van der Waals surface area contributed by atoms with Gasteiger partial charge in [0.2, 0.25) is 0 Å². The van der Waals surface area contributed by atoms with Crippen molar-refractivity contribution in [1.82, 2.24) is 4.98 Å². The number of rotatable bonds is 2. The number of hydrogen-bond acceptors (Lipinski definition) is 3. The van der Waals surface area contributed by atoms with Gasteiger partial charge in [0.1, 0.15) is 5.82 Å². The fraction of sp³-hybridized carbons (Fsp3) is 0.214. The van der Waals surface area contributed by atoms with Gasteiger partial charge >= 0.3 is 0 Å². The zero-order valence-electron chi connectivity index (χ0n) is 9.56. The molecule has 0 bridgehead atoms. The van der Waals surface area contributed by atoms with Crippen molar-refractivity contribution in [2.24, 2.45) is 0 Å². The number of aryl methyl sites for hydroxylation is 1. The van der Waals surface area contributed by atoms with E-state index in [2.05, 4.69) is 22.4 Å². The van der Waals surface area contributed by atoms with Crippen molar-refractivity contribution in [3.8, 4) is 0 Å². The van der Waals surface area contributed by atoms with Crippen LogP contribution in [0.1, 0.15) is 23.6 Å². The van der Waals surface area contributed by atoms with Gasteiger partial charge in [-0.15, -0.1) is 0 Å². The van der Waals surface area contributed by atoms with Crippen LogP contribution in [-0.4, -0.2) is 4.98 Å². The molecule has 3 nitrogen and oxygen atoms in total. The molecule has 0 saturated carbocycles. The molecule has 0 aliphatic heterocycles. The van der Waals surface area contributed by atoms with Crippen LogP contribution in [0.3, 0.4) is 0 Å². The number of anilines is 2. The van der Waals surface area contributed by atoms with E-state index in [1.165, 1.54) is 11.1 Å². The van der Waals surface area contributed by atoms with Crippen LogP contribution in [0.2, 0.25) is 0 Å². The van der Waals surface area contributed by atoms with Crippen LogP contribution < -0.4 is 11.1 Å². The van der Waals surface area contributed by atoms with Gasteiger partial charge in [-0.3, -0.25) is 0 Å². The van der Waals surface area contributed by atoms with Gasteiger partial charge in [-0.1, -0.05) is 12.1 Å². The third-order valence-corrected chi connectivity index (χ3v) is 3.23. The van der Waals surface area contributed by atoms with Gasteiger partial charge in [0.05, 0.1) is 6.04 Å². The number of aromatic nitrogens is 1. The second-order valence-corrected chi connectivity index (χ2v) is 4.41. The van der Waals surface area contributed by atoms with Crippen LogP contribution in [0.4, 0.5) is 11.5 Å². The number of nitrogens with two attached hydrogens (primary N) is 1. The lowest BCUT2D eigenvalue weighted by atomic mass is 10.1. The molecule has 3 heteroatoms. The van der Waals surface area contributed by atoms with Crippen molar-refractivity contribution < 1.29 is 0 Å². The molecule has 1 aliphatic carbocycles. The Morgan fingerprint density at radius 1 is 1.24 bits per heavy atom. The van der Waals surface area contributed by atoms with E-state index in [9.17, 15) is 0 Å². The van der Waals surface area contributed by atoms with E-state index in [1.54, 1.807) is 6.20 Å². The topological polar surface area (TPSA) is 50.9 Å². The zero-order valence-corrected chi connectivity index (χ0v) is 9.56. The Labute approximate surface area is 101 Å². The van der Waals surface area contributed by atoms with Crippen LogP contribution >= 0.6 is 0 Å². The van der Waals surface area contributed by atoms with E-state index in [1.807, 2.05) is 24.3 Å². The van der Waals surface area contributed by atoms with Crippen molar-refractivity contribution in [2.45, 2.75) is 18.9 Å². The molecule has 1 aromatic carbocycles. The molecular weight excluding hydrogens is 210 g/mol. The summed E-state index contributed by atoms with van der Waals surface area (Å²) < 4.78 is 0. The predicted octanol–water partition coefficient (Wildman–Crippen LogP) is 2.76. The van der Waals surface area contributed by atoms with E-state index < -0.39 is 0 Å². The van der Waals surface area contributed by atoms with Crippen molar-refractivity contribution in [2.75, 3.05) is 11.1 Å². The highest BCUT2D eigenvalue weighted by Crippen LogP contribution is 2.34. The van der Waals surface area contributed by atoms with Gasteiger partial charge in [0.25, 0.3) is 0 Å². The highest BCUT2D eigenvalue weighted by Gasteiger charge is 2.22. The molecule has 86 valence electrons. The zero-order chi connectivity index (χ0) is 11.7. The Hall–Kier alpha value is -2.03. The smallest absolute Gasteiger partial charge is 0.126 e. The number of hydrogen-bond donors (Lipinski definition) is 2. The van der Waals surface area contributed by atoms with Gasteiger partial charge < -0.3 is 11.1 Å². The van der Waals surface area contributed by atoms with E-state index in [4.69, 9.17) is 5.73 Å². The molecule has 0 saturated heterocycles. The minimum absolute atomic E-state index is 0.362. The normalized spacial score (nSPS) is 17.8. The summed E-state index contributed by atoms with van der Waals surface area (Å²) in [5, 5.41) is 3.46. The lowest BCUT2D eigenvalue weighted by Crippen LogP contribution is -2.08. The molecule has 1 atom stereocenters. The summed E-state index contributed by atoms with van der Waals surface area (Å²) in [6.07, 6.45) is 4.00. The number of nitrogen functional groups attached to an aromatic ring is 1. The summed E-state index contributed by atoms with van der Waals surface area (Å²) in [6, 6.07) is 12.4. The summed E-state index contributed by atoms with van der Waals surface area (Å²) in [7, 11) is 0. The standard InChI is InChI=1S/C14H15N3/c15-11-5-6-12-10(9-11)4-7-13(12)17-14-3-1-2-8-16-14/h1-3,5-6,8-9,13H,4,7,15H2,(H,16,17). The maximum atomic E-state index is 5.80. The summed E-state index contributed by atoms with van der Waals surface area (Å²) in [4.78, 5) is 4.30. The van der Waals surface area contributed by atoms with Crippen LogP contribution in [0, 0.1) is 0 Å². The van der Waals surface area contributed by atoms with Crippen molar-refractivity contribution in [3.05, 3.63) is 53.7 Å². The second kappa shape index (κ2) is 4.09. The van der Waals surface area contributed by atoms with Crippen molar-refractivity contribution in [3.63, 3.8) is 0 Å². The number of nitrogens with zero attached hydrogens (tertiary/aromatic N) is 1. The number of pyridine rings is 1. The van der Waals surface area contributed by atoms with Crippen molar-refractivity contribution >= 4 is 11.5 Å². The molecule has 0 spiro atoms. The average molecular weight is 225 g/mol.